The molecule has 0 saturated carbocycles. The van der Waals surface area contributed by atoms with Crippen molar-refractivity contribution in [2.45, 2.75) is 12.8 Å². The first-order chi connectivity index (χ1) is 12.5. The van der Waals surface area contributed by atoms with Gasteiger partial charge in [-0.25, -0.2) is 4.79 Å². The quantitative estimate of drug-likeness (QED) is 0.871. The molecule has 0 aliphatic carbocycles. The van der Waals surface area contributed by atoms with Gasteiger partial charge in [0.1, 0.15) is 0 Å². The van der Waals surface area contributed by atoms with Crippen LogP contribution < -0.4 is 10.2 Å². The van der Waals surface area contributed by atoms with Crippen LogP contribution >= 0.6 is 12.4 Å². The Bertz CT molecular complexity index is 839. The van der Waals surface area contributed by atoms with E-state index >= 15 is 0 Å². The van der Waals surface area contributed by atoms with Gasteiger partial charge in [-0.2, -0.15) is 0 Å². The molecule has 0 radical (unpaired) electrons. The molecule has 7 heteroatoms. The lowest BCUT2D eigenvalue weighted by Gasteiger charge is -2.26. The van der Waals surface area contributed by atoms with Crippen LogP contribution in [0.25, 0.3) is 0 Å². The van der Waals surface area contributed by atoms with Crippen LogP contribution in [-0.2, 0) is 22.4 Å². The van der Waals surface area contributed by atoms with Crippen LogP contribution in [0.15, 0.2) is 42.5 Å². The maximum Gasteiger partial charge on any atom is 0.411 e. The maximum absolute atomic E-state index is 13.0. The summed E-state index contributed by atoms with van der Waals surface area (Å²) in [6.07, 6.45) is 1.15. The van der Waals surface area contributed by atoms with E-state index in [1.54, 1.807) is 4.90 Å². The van der Waals surface area contributed by atoms with Crippen LogP contribution in [0.2, 0.25) is 0 Å². The standard InChI is InChI=1S/C20H23N3O3.ClH/c1-22(2)13-19(24)23-17-7-5-4-6-14(17)8-9-15-10-11-16(12-18(15)23)21-20(25)26-3;/h4-7,10-12H,8-9,13H2,1-3H3,(H,21,25);1H. The Morgan fingerprint density at radius 3 is 2.41 bits per heavy atom. The SMILES string of the molecule is COC(=O)Nc1ccc2c(c1)N(C(=O)CN(C)C)c1ccccc1CC2.Cl. The number of benzene rings is 2. The van der Waals surface area contributed by atoms with Crippen molar-refractivity contribution in [2.75, 3.05) is 38.0 Å². The van der Waals surface area contributed by atoms with E-state index in [0.29, 0.717) is 12.2 Å². The number of hydrogen-bond donors (Lipinski definition) is 1. The molecule has 0 saturated heterocycles. The smallest absolute Gasteiger partial charge is 0.411 e. The predicted octanol–water partition coefficient (Wildman–Crippen LogP) is 3.61. The van der Waals surface area contributed by atoms with Crippen molar-refractivity contribution < 1.29 is 14.3 Å². The number of aryl methyl sites for hydroxylation is 2. The van der Waals surface area contributed by atoms with E-state index in [1.807, 2.05) is 55.4 Å². The number of amides is 2. The summed E-state index contributed by atoms with van der Waals surface area (Å²) in [6.45, 7) is 0.294. The molecule has 2 aromatic carbocycles. The van der Waals surface area contributed by atoms with Crippen molar-refractivity contribution in [2.24, 2.45) is 0 Å². The normalized spacial score (nSPS) is 12.4. The molecular formula is C20H24ClN3O3. The van der Waals surface area contributed by atoms with Gasteiger partial charge in [-0.05, 0) is 56.3 Å². The molecule has 1 aliphatic heterocycles. The van der Waals surface area contributed by atoms with Gasteiger partial charge in [0.05, 0.1) is 25.0 Å². The summed E-state index contributed by atoms with van der Waals surface area (Å²) in [7, 11) is 5.07. The highest BCUT2D eigenvalue weighted by atomic mass is 35.5. The minimum atomic E-state index is -0.537. The highest BCUT2D eigenvalue weighted by molar-refractivity contribution is 6.04. The Balaban J connectivity index is 0.00000261. The summed E-state index contributed by atoms with van der Waals surface area (Å²) in [5.41, 5.74) is 4.50. The molecule has 1 aliphatic rings. The van der Waals surface area contributed by atoms with Crippen LogP contribution in [0.5, 0.6) is 0 Å². The second-order valence-corrected chi connectivity index (χ2v) is 6.56. The highest BCUT2D eigenvalue weighted by Gasteiger charge is 2.26. The van der Waals surface area contributed by atoms with E-state index in [1.165, 1.54) is 7.11 Å². The zero-order valence-electron chi connectivity index (χ0n) is 15.7. The highest BCUT2D eigenvalue weighted by Crippen LogP contribution is 2.37. The van der Waals surface area contributed by atoms with E-state index in [9.17, 15) is 9.59 Å². The second-order valence-electron chi connectivity index (χ2n) is 6.56. The number of nitrogens with zero attached hydrogens (tertiary/aromatic N) is 2. The molecule has 1 heterocycles. The van der Waals surface area contributed by atoms with E-state index in [2.05, 4.69) is 16.1 Å². The largest absolute Gasteiger partial charge is 0.453 e. The van der Waals surface area contributed by atoms with Gasteiger partial charge in [-0.3, -0.25) is 15.0 Å². The van der Waals surface area contributed by atoms with Crippen molar-refractivity contribution in [1.29, 1.82) is 0 Å². The number of likely N-dealkylation sites (N-methyl/N-ethyl adjacent to an activating group) is 1. The Hall–Kier alpha value is -2.57. The molecule has 2 aromatic rings. The number of carbonyl (C=O) groups is 2. The van der Waals surface area contributed by atoms with E-state index in [-0.39, 0.29) is 18.3 Å². The van der Waals surface area contributed by atoms with Crippen molar-refractivity contribution in [3.8, 4) is 0 Å². The Morgan fingerprint density at radius 1 is 1.07 bits per heavy atom. The summed E-state index contributed by atoms with van der Waals surface area (Å²) in [5.74, 6) is -0.0131. The Morgan fingerprint density at radius 2 is 1.74 bits per heavy atom. The third-order valence-electron chi connectivity index (χ3n) is 4.36. The molecule has 6 nitrogen and oxygen atoms in total. The minimum Gasteiger partial charge on any atom is -0.453 e. The molecule has 144 valence electrons. The predicted molar refractivity (Wildman–Crippen MR) is 109 cm³/mol. The Kier molecular flexibility index (Phi) is 6.82. The lowest BCUT2D eigenvalue weighted by molar-refractivity contribution is -0.118. The lowest BCUT2D eigenvalue weighted by Crippen LogP contribution is -2.35. The fourth-order valence-corrected chi connectivity index (χ4v) is 3.18. The molecule has 2 amide bonds. The number of carbonyl (C=O) groups excluding carboxylic acids is 2. The number of ether oxygens (including phenoxy) is 1. The van der Waals surface area contributed by atoms with Crippen molar-refractivity contribution in [3.05, 3.63) is 53.6 Å². The van der Waals surface area contributed by atoms with Gasteiger partial charge in [0.15, 0.2) is 0 Å². The summed E-state index contributed by atoms with van der Waals surface area (Å²) >= 11 is 0. The van der Waals surface area contributed by atoms with E-state index < -0.39 is 6.09 Å². The van der Waals surface area contributed by atoms with Gasteiger partial charge < -0.3 is 9.64 Å². The first-order valence-corrected chi connectivity index (χ1v) is 8.53. The molecule has 0 bridgehead atoms. The molecule has 0 atom stereocenters. The fourth-order valence-electron chi connectivity index (χ4n) is 3.18. The van der Waals surface area contributed by atoms with Crippen molar-refractivity contribution >= 4 is 41.5 Å². The average molecular weight is 390 g/mol. The van der Waals surface area contributed by atoms with Crippen molar-refractivity contribution in [1.82, 2.24) is 4.90 Å². The summed E-state index contributed by atoms with van der Waals surface area (Å²) in [5, 5.41) is 2.68. The van der Waals surface area contributed by atoms with Crippen LogP contribution in [0.4, 0.5) is 21.9 Å². The first kappa shape index (κ1) is 20.7. The first-order valence-electron chi connectivity index (χ1n) is 8.53. The summed E-state index contributed by atoms with van der Waals surface area (Å²) in [6, 6.07) is 13.6. The zero-order chi connectivity index (χ0) is 18.7. The monoisotopic (exact) mass is 389 g/mol. The molecule has 3 rings (SSSR count). The van der Waals surface area contributed by atoms with Gasteiger partial charge >= 0.3 is 6.09 Å². The molecule has 1 N–H and O–H groups in total. The van der Waals surface area contributed by atoms with Crippen LogP contribution in [0.3, 0.4) is 0 Å². The number of fused-ring (bicyclic) bond motifs is 2. The summed E-state index contributed by atoms with van der Waals surface area (Å²) in [4.78, 5) is 28.2. The number of rotatable bonds is 3. The number of para-hydroxylation sites is 1. The lowest BCUT2D eigenvalue weighted by atomic mass is 10.0. The number of anilines is 3. The second kappa shape index (κ2) is 8.88. The van der Waals surface area contributed by atoms with Gasteiger partial charge in [0.2, 0.25) is 5.91 Å². The topological polar surface area (TPSA) is 61.9 Å². The Labute approximate surface area is 165 Å². The fraction of sp³-hybridized carbons (Fsp3) is 0.300. The zero-order valence-corrected chi connectivity index (χ0v) is 16.5. The van der Waals surface area contributed by atoms with Gasteiger partial charge in [-0.15, -0.1) is 12.4 Å². The molecule has 0 spiro atoms. The molecule has 27 heavy (non-hydrogen) atoms. The van der Waals surface area contributed by atoms with Crippen LogP contribution in [-0.4, -0.2) is 44.7 Å². The molecule has 0 fully saturated rings. The van der Waals surface area contributed by atoms with E-state index in [4.69, 9.17) is 0 Å². The average Bonchev–Trinajstić information content (AvgIpc) is 2.77. The van der Waals surface area contributed by atoms with Crippen molar-refractivity contribution in [3.63, 3.8) is 0 Å². The number of halogens is 1. The number of hydrogen-bond acceptors (Lipinski definition) is 4. The van der Waals surface area contributed by atoms with Gasteiger partial charge in [0.25, 0.3) is 0 Å². The van der Waals surface area contributed by atoms with Gasteiger partial charge in [-0.1, -0.05) is 24.3 Å². The maximum atomic E-state index is 13.0. The third kappa shape index (κ3) is 4.59. The minimum absolute atomic E-state index is 0. The third-order valence-corrected chi connectivity index (χ3v) is 4.36. The van der Waals surface area contributed by atoms with Crippen LogP contribution in [0, 0.1) is 0 Å². The number of nitrogens with one attached hydrogen (secondary N) is 1. The molecular weight excluding hydrogens is 366 g/mol. The van der Waals surface area contributed by atoms with Crippen LogP contribution in [0.1, 0.15) is 11.1 Å². The summed E-state index contributed by atoms with van der Waals surface area (Å²) < 4.78 is 4.67. The van der Waals surface area contributed by atoms with Gasteiger partial charge in [0, 0.05) is 5.69 Å². The molecule has 0 unspecified atom stereocenters. The molecule has 0 aromatic heterocycles. The van der Waals surface area contributed by atoms with E-state index in [0.717, 1.165) is 35.3 Å². The number of methoxy groups -OCH3 is 1.